The van der Waals surface area contributed by atoms with Crippen LogP contribution < -0.4 is 0 Å². The zero-order valence-electron chi connectivity index (χ0n) is 13.0. The molecule has 1 aliphatic heterocycles. The lowest BCUT2D eigenvalue weighted by atomic mass is 10.2. The Labute approximate surface area is 131 Å². The first kappa shape index (κ1) is 16.9. The molecule has 0 unspecified atom stereocenters. The molecule has 2 rings (SSSR count). The molecule has 1 aliphatic rings. The summed E-state index contributed by atoms with van der Waals surface area (Å²) in [6.07, 6.45) is 1.65. The third-order valence-electron chi connectivity index (χ3n) is 3.93. The van der Waals surface area contributed by atoms with Crippen LogP contribution in [0.2, 0.25) is 0 Å². The Hall–Kier alpha value is -0.500. The number of rotatable bonds is 7. The van der Waals surface area contributed by atoms with Crippen LogP contribution in [0.3, 0.4) is 0 Å². The predicted molar refractivity (Wildman–Crippen MR) is 85.5 cm³/mol. The first-order valence-corrected chi connectivity index (χ1v) is 9.91. The Bertz CT molecular complexity index is 549. The van der Waals surface area contributed by atoms with Gasteiger partial charge in [0.25, 0.3) is 0 Å². The van der Waals surface area contributed by atoms with Crippen molar-refractivity contribution in [3.63, 3.8) is 0 Å². The van der Waals surface area contributed by atoms with Gasteiger partial charge in [-0.05, 0) is 26.7 Å². The number of thiazole rings is 1. The van der Waals surface area contributed by atoms with Crippen molar-refractivity contribution in [3.8, 4) is 0 Å². The van der Waals surface area contributed by atoms with Gasteiger partial charge in [0.2, 0.25) is 0 Å². The molecule has 0 spiro atoms. The second-order valence-corrected chi connectivity index (χ2v) is 9.14. The molecule has 0 bridgehead atoms. The van der Waals surface area contributed by atoms with Crippen molar-refractivity contribution in [2.75, 3.05) is 31.8 Å². The van der Waals surface area contributed by atoms with Crippen LogP contribution in [-0.4, -0.2) is 56.1 Å². The van der Waals surface area contributed by atoms with Crippen LogP contribution in [0.4, 0.5) is 0 Å². The van der Waals surface area contributed by atoms with Gasteiger partial charge in [0, 0.05) is 31.2 Å². The van der Waals surface area contributed by atoms with Gasteiger partial charge in [0.05, 0.1) is 23.7 Å². The highest BCUT2D eigenvalue weighted by Crippen LogP contribution is 2.23. The summed E-state index contributed by atoms with van der Waals surface area (Å²) in [5.74, 6) is 0.595. The maximum absolute atomic E-state index is 11.7. The molecule has 0 aromatic carbocycles. The van der Waals surface area contributed by atoms with Crippen molar-refractivity contribution in [1.29, 1.82) is 0 Å². The molecule has 1 aromatic heterocycles. The molecule has 0 saturated carbocycles. The molecule has 0 aliphatic carbocycles. The lowest BCUT2D eigenvalue weighted by Crippen LogP contribution is -2.36. The molecule has 7 heteroatoms. The summed E-state index contributed by atoms with van der Waals surface area (Å²) in [5, 5.41) is 1.08. The lowest BCUT2D eigenvalue weighted by molar-refractivity contribution is 0.150. The largest absolute Gasteiger partial charge is 0.385 e. The van der Waals surface area contributed by atoms with Crippen LogP contribution in [0.5, 0.6) is 0 Å². The minimum atomic E-state index is -2.86. The van der Waals surface area contributed by atoms with E-state index in [4.69, 9.17) is 4.74 Å². The van der Waals surface area contributed by atoms with Crippen molar-refractivity contribution < 1.29 is 13.2 Å². The summed E-state index contributed by atoms with van der Waals surface area (Å²) < 4.78 is 28.6. The highest BCUT2D eigenvalue weighted by Gasteiger charge is 2.32. The number of sulfone groups is 1. The second kappa shape index (κ2) is 7.17. The van der Waals surface area contributed by atoms with Crippen LogP contribution in [0, 0.1) is 13.8 Å². The average molecular weight is 332 g/mol. The standard InChI is InChI=1S/C14H24N2O3S2/c1-11-12(2)20-14(15-11)9-16(6-4-7-19-3)13-5-8-21(17,18)10-13/h13H,4-10H2,1-3H3/t13-/m1/s1. The fourth-order valence-corrected chi connectivity index (χ4v) is 5.37. The third-order valence-corrected chi connectivity index (χ3v) is 6.74. The van der Waals surface area contributed by atoms with Gasteiger partial charge in [-0.3, -0.25) is 4.90 Å². The van der Waals surface area contributed by atoms with Crippen LogP contribution >= 0.6 is 11.3 Å². The fourth-order valence-electron chi connectivity index (χ4n) is 2.65. The van der Waals surface area contributed by atoms with E-state index in [1.807, 2.05) is 6.92 Å². The van der Waals surface area contributed by atoms with Gasteiger partial charge in [-0.15, -0.1) is 11.3 Å². The summed E-state index contributed by atoms with van der Waals surface area (Å²) >= 11 is 1.71. The van der Waals surface area contributed by atoms with E-state index in [2.05, 4.69) is 16.8 Å². The quantitative estimate of drug-likeness (QED) is 0.713. The molecule has 1 aromatic rings. The summed E-state index contributed by atoms with van der Waals surface area (Å²) in [4.78, 5) is 8.08. The zero-order valence-corrected chi connectivity index (χ0v) is 14.6. The van der Waals surface area contributed by atoms with Crippen molar-refractivity contribution in [1.82, 2.24) is 9.88 Å². The molecule has 1 atom stereocenters. The third kappa shape index (κ3) is 4.74. The first-order valence-electron chi connectivity index (χ1n) is 7.27. The Morgan fingerprint density at radius 1 is 1.43 bits per heavy atom. The van der Waals surface area contributed by atoms with Crippen molar-refractivity contribution in [2.45, 2.75) is 39.3 Å². The second-order valence-electron chi connectivity index (χ2n) is 5.62. The minimum absolute atomic E-state index is 0.122. The number of aromatic nitrogens is 1. The molecule has 2 heterocycles. The first-order chi connectivity index (χ1) is 9.91. The van der Waals surface area contributed by atoms with E-state index < -0.39 is 9.84 Å². The SMILES string of the molecule is COCCCN(Cc1nc(C)c(C)s1)[C@@H]1CCS(=O)(=O)C1. The maximum atomic E-state index is 11.7. The van der Waals surface area contributed by atoms with Crippen molar-refractivity contribution in [2.24, 2.45) is 0 Å². The molecule has 5 nitrogen and oxygen atoms in total. The van der Waals surface area contributed by atoms with Crippen LogP contribution in [0.15, 0.2) is 0 Å². The number of hydrogen-bond acceptors (Lipinski definition) is 6. The van der Waals surface area contributed by atoms with Crippen molar-refractivity contribution >= 4 is 21.2 Å². The molecule has 1 fully saturated rings. The smallest absolute Gasteiger partial charge is 0.151 e. The molecule has 120 valence electrons. The number of hydrogen-bond donors (Lipinski definition) is 0. The summed E-state index contributed by atoms with van der Waals surface area (Å²) in [6.45, 7) is 6.39. The van der Waals surface area contributed by atoms with E-state index in [0.717, 1.165) is 36.6 Å². The highest BCUT2D eigenvalue weighted by molar-refractivity contribution is 7.91. The van der Waals surface area contributed by atoms with E-state index in [1.54, 1.807) is 18.4 Å². The van der Waals surface area contributed by atoms with Gasteiger partial charge >= 0.3 is 0 Å². The van der Waals surface area contributed by atoms with E-state index >= 15 is 0 Å². The van der Waals surface area contributed by atoms with E-state index in [0.29, 0.717) is 12.4 Å². The Kier molecular flexibility index (Phi) is 5.76. The number of methoxy groups -OCH3 is 1. The van der Waals surface area contributed by atoms with Crippen molar-refractivity contribution in [3.05, 3.63) is 15.6 Å². The molecule has 21 heavy (non-hydrogen) atoms. The summed E-state index contributed by atoms with van der Waals surface area (Å²) in [7, 11) is -1.16. The number of aryl methyl sites for hydroxylation is 2. The topological polar surface area (TPSA) is 59.5 Å². The highest BCUT2D eigenvalue weighted by atomic mass is 32.2. The van der Waals surface area contributed by atoms with Gasteiger partial charge in [0.1, 0.15) is 5.01 Å². The van der Waals surface area contributed by atoms with Gasteiger partial charge in [-0.25, -0.2) is 13.4 Å². The maximum Gasteiger partial charge on any atom is 0.151 e. The zero-order chi connectivity index (χ0) is 15.5. The number of nitrogens with zero attached hydrogens (tertiary/aromatic N) is 2. The van der Waals surface area contributed by atoms with Crippen LogP contribution in [0.1, 0.15) is 28.4 Å². The van der Waals surface area contributed by atoms with Gasteiger partial charge < -0.3 is 4.74 Å². The predicted octanol–water partition coefficient (Wildman–Crippen LogP) is 1.79. The normalized spacial score (nSPS) is 21.2. The Balaban J connectivity index is 2.04. The lowest BCUT2D eigenvalue weighted by Gasteiger charge is -2.27. The fraction of sp³-hybridized carbons (Fsp3) is 0.786. The Morgan fingerprint density at radius 3 is 2.71 bits per heavy atom. The summed E-state index contributed by atoms with van der Waals surface area (Å²) in [5.41, 5.74) is 1.07. The van der Waals surface area contributed by atoms with E-state index in [1.165, 1.54) is 4.88 Å². The van der Waals surface area contributed by atoms with E-state index in [-0.39, 0.29) is 11.8 Å². The van der Waals surface area contributed by atoms with E-state index in [9.17, 15) is 8.42 Å². The molecule has 0 radical (unpaired) electrons. The minimum Gasteiger partial charge on any atom is -0.385 e. The monoisotopic (exact) mass is 332 g/mol. The molecular weight excluding hydrogens is 308 g/mol. The van der Waals surface area contributed by atoms with Crippen LogP contribution in [-0.2, 0) is 21.1 Å². The van der Waals surface area contributed by atoms with Gasteiger partial charge in [-0.1, -0.05) is 0 Å². The molecule has 0 N–H and O–H groups in total. The average Bonchev–Trinajstić information content (AvgIpc) is 2.92. The van der Waals surface area contributed by atoms with Crippen LogP contribution in [0.25, 0.3) is 0 Å². The van der Waals surface area contributed by atoms with Gasteiger partial charge in [-0.2, -0.15) is 0 Å². The Morgan fingerprint density at radius 2 is 2.19 bits per heavy atom. The van der Waals surface area contributed by atoms with Gasteiger partial charge in [0.15, 0.2) is 9.84 Å². The summed E-state index contributed by atoms with van der Waals surface area (Å²) in [6, 6.07) is 0.122. The molecule has 0 amide bonds. The molecule has 1 saturated heterocycles. The number of ether oxygens (including phenoxy) is 1. The molecular formula is C14H24N2O3S2.